The van der Waals surface area contributed by atoms with Gasteiger partial charge in [-0.05, 0) is 31.6 Å². The minimum Gasteiger partial charge on any atom is -0.381 e. The molecular weight excluding hydrogens is 380 g/mol. The molecule has 164 valence electrons. The highest BCUT2D eigenvalue weighted by atomic mass is 19.1. The first-order valence-electron chi connectivity index (χ1n) is 11.2. The van der Waals surface area contributed by atoms with Crippen molar-refractivity contribution in [3.63, 3.8) is 0 Å². The van der Waals surface area contributed by atoms with Crippen LogP contribution in [-0.2, 0) is 9.53 Å². The molecule has 0 spiro atoms. The van der Waals surface area contributed by atoms with Gasteiger partial charge in [0.25, 0.3) is 0 Å². The molecular formula is C20H33F2N5O2. The molecule has 5 fully saturated rings. The zero-order valence-electron chi connectivity index (χ0n) is 16.9. The number of carbonyl (C=O) groups is 1. The van der Waals surface area contributed by atoms with Crippen molar-refractivity contribution >= 4 is 5.91 Å². The van der Waals surface area contributed by atoms with Gasteiger partial charge in [-0.1, -0.05) is 0 Å². The van der Waals surface area contributed by atoms with E-state index < -0.39 is 12.3 Å². The van der Waals surface area contributed by atoms with E-state index >= 15 is 0 Å². The maximum atomic E-state index is 14.2. The molecule has 0 radical (unpaired) electrons. The third kappa shape index (κ3) is 4.17. The van der Waals surface area contributed by atoms with Crippen LogP contribution < -0.4 is 16.1 Å². The topological polar surface area (TPSA) is 68.9 Å². The fraction of sp³-hybridized carbons (Fsp3) is 0.950. The van der Waals surface area contributed by atoms with Crippen molar-refractivity contribution in [1.29, 1.82) is 0 Å². The fourth-order valence-electron chi connectivity index (χ4n) is 5.85. The van der Waals surface area contributed by atoms with Crippen LogP contribution in [0.25, 0.3) is 0 Å². The van der Waals surface area contributed by atoms with Crippen molar-refractivity contribution in [3.05, 3.63) is 0 Å². The molecule has 0 aromatic carbocycles. The van der Waals surface area contributed by atoms with Gasteiger partial charge in [0.1, 0.15) is 12.3 Å². The number of rotatable bonds is 4. The molecule has 5 rings (SSSR count). The van der Waals surface area contributed by atoms with E-state index in [2.05, 4.69) is 21.1 Å². The molecule has 0 bridgehead atoms. The molecule has 4 aliphatic heterocycles. The van der Waals surface area contributed by atoms with Crippen molar-refractivity contribution in [3.8, 4) is 0 Å². The SMILES string of the molecule is O=C(C1CC2C(F)CC(F)CC2N1)N1CCN2NC(NCC3CCOC3)CC2C1. The van der Waals surface area contributed by atoms with Crippen LogP contribution in [0.5, 0.6) is 0 Å². The number of nitrogens with zero attached hydrogens (tertiary/aromatic N) is 2. The fourth-order valence-corrected chi connectivity index (χ4v) is 5.85. The number of fused-ring (bicyclic) bond motifs is 2. The number of ether oxygens (including phenoxy) is 1. The van der Waals surface area contributed by atoms with Gasteiger partial charge in [-0.25, -0.2) is 19.2 Å². The lowest BCUT2D eigenvalue weighted by molar-refractivity contribution is -0.136. The number of amides is 1. The first-order valence-corrected chi connectivity index (χ1v) is 11.2. The zero-order chi connectivity index (χ0) is 20.0. The van der Waals surface area contributed by atoms with Crippen molar-refractivity contribution in [2.24, 2.45) is 11.8 Å². The normalized spacial score (nSPS) is 45.4. The summed E-state index contributed by atoms with van der Waals surface area (Å²) < 4.78 is 33.4. The number of piperazine rings is 1. The Morgan fingerprint density at radius 2 is 2.07 bits per heavy atom. The van der Waals surface area contributed by atoms with Crippen molar-refractivity contribution in [2.45, 2.75) is 68.7 Å². The summed E-state index contributed by atoms with van der Waals surface area (Å²) in [6.45, 7) is 4.81. The Labute approximate surface area is 170 Å². The van der Waals surface area contributed by atoms with Gasteiger partial charge in [0.2, 0.25) is 5.91 Å². The van der Waals surface area contributed by atoms with Gasteiger partial charge < -0.3 is 20.3 Å². The second-order valence-electron chi connectivity index (χ2n) is 9.50. The number of carbonyl (C=O) groups excluding carboxylic acids is 1. The van der Waals surface area contributed by atoms with Crippen molar-refractivity contribution in [2.75, 3.05) is 39.4 Å². The van der Waals surface area contributed by atoms with Crippen LogP contribution in [0.2, 0.25) is 0 Å². The van der Waals surface area contributed by atoms with Crippen LogP contribution >= 0.6 is 0 Å². The molecule has 4 saturated heterocycles. The van der Waals surface area contributed by atoms with Gasteiger partial charge in [0.15, 0.2) is 0 Å². The van der Waals surface area contributed by atoms with Gasteiger partial charge >= 0.3 is 0 Å². The predicted molar refractivity (Wildman–Crippen MR) is 103 cm³/mol. The Morgan fingerprint density at radius 1 is 1.17 bits per heavy atom. The molecule has 1 amide bonds. The molecule has 0 aromatic heterocycles. The first kappa shape index (κ1) is 20.1. The number of alkyl halides is 2. The lowest BCUT2D eigenvalue weighted by Crippen LogP contribution is -2.58. The van der Waals surface area contributed by atoms with E-state index in [0.29, 0.717) is 31.8 Å². The molecule has 9 heteroatoms. The second kappa shape index (κ2) is 8.34. The molecule has 29 heavy (non-hydrogen) atoms. The van der Waals surface area contributed by atoms with Crippen LogP contribution in [0.1, 0.15) is 32.1 Å². The summed E-state index contributed by atoms with van der Waals surface area (Å²) in [7, 11) is 0. The Hall–Kier alpha value is -0.870. The molecule has 4 heterocycles. The third-order valence-corrected chi connectivity index (χ3v) is 7.49. The molecule has 8 unspecified atom stereocenters. The smallest absolute Gasteiger partial charge is 0.239 e. The quantitative estimate of drug-likeness (QED) is 0.611. The molecule has 5 aliphatic rings. The number of halogens is 2. The van der Waals surface area contributed by atoms with E-state index in [-0.39, 0.29) is 42.5 Å². The Bertz CT molecular complexity index is 607. The van der Waals surface area contributed by atoms with Crippen molar-refractivity contribution < 1.29 is 18.3 Å². The van der Waals surface area contributed by atoms with Crippen LogP contribution in [-0.4, -0.2) is 91.8 Å². The van der Waals surface area contributed by atoms with Gasteiger partial charge in [-0.3, -0.25) is 4.79 Å². The summed E-state index contributed by atoms with van der Waals surface area (Å²) in [5, 5.41) is 9.09. The average Bonchev–Trinajstić information content (AvgIpc) is 3.43. The summed E-state index contributed by atoms with van der Waals surface area (Å²) in [5.74, 6) is 0.424. The lowest BCUT2D eigenvalue weighted by Gasteiger charge is -2.38. The zero-order valence-corrected chi connectivity index (χ0v) is 16.9. The Kier molecular flexibility index (Phi) is 5.77. The molecule has 1 aliphatic carbocycles. The summed E-state index contributed by atoms with van der Waals surface area (Å²) in [6, 6.07) is -0.283. The summed E-state index contributed by atoms with van der Waals surface area (Å²) in [6.07, 6.45) is 0.880. The monoisotopic (exact) mass is 413 g/mol. The molecule has 3 N–H and O–H groups in total. The number of hydrazine groups is 1. The third-order valence-electron chi connectivity index (χ3n) is 7.49. The Morgan fingerprint density at radius 3 is 2.90 bits per heavy atom. The molecule has 1 saturated carbocycles. The highest BCUT2D eigenvalue weighted by molar-refractivity contribution is 5.82. The summed E-state index contributed by atoms with van der Waals surface area (Å²) >= 11 is 0. The van der Waals surface area contributed by atoms with E-state index in [0.717, 1.165) is 39.1 Å². The maximum absolute atomic E-state index is 14.2. The number of hydrogen-bond donors (Lipinski definition) is 3. The van der Waals surface area contributed by atoms with Crippen LogP contribution in [0.15, 0.2) is 0 Å². The van der Waals surface area contributed by atoms with Crippen LogP contribution in [0, 0.1) is 11.8 Å². The maximum Gasteiger partial charge on any atom is 0.239 e. The minimum atomic E-state index is -1.14. The highest BCUT2D eigenvalue weighted by Gasteiger charge is 2.48. The number of nitrogens with one attached hydrogen (secondary N) is 3. The molecule has 8 atom stereocenters. The van der Waals surface area contributed by atoms with E-state index in [9.17, 15) is 13.6 Å². The Balaban J connectivity index is 1.12. The molecule has 7 nitrogen and oxygen atoms in total. The minimum absolute atomic E-state index is 0.0163. The largest absolute Gasteiger partial charge is 0.381 e. The van der Waals surface area contributed by atoms with Crippen LogP contribution in [0.4, 0.5) is 8.78 Å². The summed E-state index contributed by atoms with van der Waals surface area (Å²) in [5.41, 5.74) is 3.53. The van der Waals surface area contributed by atoms with E-state index in [1.54, 1.807) is 0 Å². The molecule has 0 aromatic rings. The van der Waals surface area contributed by atoms with Crippen molar-refractivity contribution in [1.82, 2.24) is 26.0 Å². The van der Waals surface area contributed by atoms with E-state index in [1.165, 1.54) is 0 Å². The average molecular weight is 414 g/mol. The lowest BCUT2D eigenvalue weighted by atomic mass is 9.82. The van der Waals surface area contributed by atoms with Gasteiger partial charge in [0, 0.05) is 57.2 Å². The number of hydrogen-bond acceptors (Lipinski definition) is 6. The standard InChI is InChI=1S/C20H33F2N5O2/c21-13-5-16(22)15-8-18(24-17(15)6-13)20(28)26-2-3-27-14(10-26)7-19(25-27)23-9-12-1-4-29-11-12/h12-19,23-25H,1-11H2. The van der Waals surface area contributed by atoms with E-state index in [1.807, 2.05) is 4.90 Å². The van der Waals surface area contributed by atoms with Gasteiger partial charge in [-0.15, -0.1) is 0 Å². The first-order chi connectivity index (χ1) is 14.1. The summed E-state index contributed by atoms with van der Waals surface area (Å²) in [4.78, 5) is 15.0. The van der Waals surface area contributed by atoms with Crippen LogP contribution in [0.3, 0.4) is 0 Å². The predicted octanol–water partition coefficient (Wildman–Crippen LogP) is 0.176. The highest BCUT2D eigenvalue weighted by Crippen LogP contribution is 2.37. The second-order valence-corrected chi connectivity index (χ2v) is 9.50. The van der Waals surface area contributed by atoms with Gasteiger partial charge in [0.05, 0.1) is 18.8 Å². The van der Waals surface area contributed by atoms with E-state index in [4.69, 9.17) is 4.74 Å². The van der Waals surface area contributed by atoms with Gasteiger partial charge in [-0.2, -0.15) is 0 Å².